The van der Waals surface area contributed by atoms with Gasteiger partial charge in [0.05, 0.1) is 11.5 Å². The smallest absolute Gasteiger partial charge is 0.175 e. The minimum absolute atomic E-state index is 0.0391. The van der Waals surface area contributed by atoms with E-state index in [1.54, 1.807) is 36.7 Å². The van der Waals surface area contributed by atoms with E-state index in [-0.39, 0.29) is 11.5 Å². The molecule has 0 saturated heterocycles. The van der Waals surface area contributed by atoms with E-state index in [1.807, 2.05) is 26.0 Å². The lowest BCUT2D eigenvalue weighted by molar-refractivity contribution is 0.206. The summed E-state index contributed by atoms with van der Waals surface area (Å²) in [4.78, 5) is 9.01. The number of pyridine rings is 2. The molecule has 0 unspecified atom stereocenters. The molecule has 2 N–H and O–H groups in total. The monoisotopic (exact) mass is 395 g/mol. The molecule has 0 fully saturated rings. The Hall–Kier alpha value is -2.95. The van der Waals surface area contributed by atoms with E-state index in [0.717, 1.165) is 16.5 Å². The van der Waals surface area contributed by atoms with Crippen molar-refractivity contribution in [3.63, 3.8) is 0 Å². The van der Waals surface area contributed by atoms with Crippen molar-refractivity contribution in [1.82, 2.24) is 9.97 Å². The largest absolute Gasteiger partial charge is 0.395 e. The molecule has 0 aliphatic carbocycles. The molecule has 0 saturated carbocycles. The van der Waals surface area contributed by atoms with Gasteiger partial charge in [0, 0.05) is 40.5 Å². The van der Waals surface area contributed by atoms with Crippen LogP contribution in [0, 0.1) is 17.3 Å². The maximum Gasteiger partial charge on any atom is 0.175 e. The Balaban J connectivity index is 1.94. The van der Waals surface area contributed by atoms with Crippen LogP contribution in [0.5, 0.6) is 0 Å². The number of nitrogens with one attached hydrogen (secondary N) is 1. The number of hydrogen-bond donors (Lipinski definition) is 2. The Bertz CT molecular complexity index is 1170. The first-order chi connectivity index (χ1) is 13.2. The van der Waals surface area contributed by atoms with Gasteiger partial charge >= 0.3 is 0 Å². The van der Waals surface area contributed by atoms with Crippen molar-refractivity contribution in [3.8, 4) is 11.8 Å². The zero-order valence-corrected chi connectivity index (χ0v) is 16.7. The highest BCUT2D eigenvalue weighted by atomic mass is 32.2. The lowest BCUT2D eigenvalue weighted by Gasteiger charge is -2.12. The van der Waals surface area contributed by atoms with E-state index in [2.05, 4.69) is 27.1 Å². The zero-order chi connectivity index (χ0) is 20.4. The number of nitrogens with zero attached hydrogens (tertiary/aromatic N) is 2. The summed E-state index contributed by atoms with van der Waals surface area (Å²) in [6.07, 6.45) is 4.58. The Kier molecular flexibility index (Phi) is 5.36. The van der Waals surface area contributed by atoms with Crippen LogP contribution in [-0.4, -0.2) is 36.4 Å². The van der Waals surface area contributed by atoms with Crippen LogP contribution < -0.4 is 5.32 Å². The number of rotatable bonds is 4. The topological polar surface area (TPSA) is 92.2 Å². The van der Waals surface area contributed by atoms with Gasteiger partial charge in [0.25, 0.3) is 0 Å². The molecule has 144 valence electrons. The molecule has 1 aromatic carbocycles. The number of sulfone groups is 1. The van der Waals surface area contributed by atoms with Gasteiger partial charge in [0.1, 0.15) is 11.5 Å². The van der Waals surface area contributed by atoms with Crippen LogP contribution in [0.2, 0.25) is 0 Å². The van der Waals surface area contributed by atoms with Gasteiger partial charge < -0.3 is 10.4 Å². The highest BCUT2D eigenvalue weighted by molar-refractivity contribution is 7.90. The summed E-state index contributed by atoms with van der Waals surface area (Å²) in [7, 11) is -3.23. The molecular formula is C21H21N3O3S. The Morgan fingerprint density at radius 2 is 1.86 bits per heavy atom. The third-order valence-electron chi connectivity index (χ3n) is 4.12. The fourth-order valence-corrected chi connectivity index (χ4v) is 3.07. The second-order valence-electron chi connectivity index (χ2n) is 7.16. The SMILES string of the molecule is CC(C)(C#Cc1nccc2cnc(Nc3ccc(S(C)(=O)=O)cc3)cc12)CO. The molecule has 3 aromatic rings. The summed E-state index contributed by atoms with van der Waals surface area (Å²) in [6.45, 7) is 3.68. The van der Waals surface area contributed by atoms with Crippen molar-refractivity contribution in [2.45, 2.75) is 18.7 Å². The maximum atomic E-state index is 11.6. The van der Waals surface area contributed by atoms with Gasteiger partial charge in [-0.3, -0.25) is 0 Å². The molecule has 7 heteroatoms. The number of anilines is 2. The normalized spacial score (nSPS) is 11.7. The molecule has 3 rings (SSSR count). The van der Waals surface area contributed by atoms with Crippen molar-refractivity contribution in [1.29, 1.82) is 0 Å². The average molecular weight is 395 g/mol. The van der Waals surface area contributed by atoms with E-state index in [4.69, 9.17) is 0 Å². The summed E-state index contributed by atoms with van der Waals surface area (Å²) < 4.78 is 23.1. The lowest BCUT2D eigenvalue weighted by Crippen LogP contribution is -2.13. The van der Waals surface area contributed by atoms with Crippen LogP contribution >= 0.6 is 0 Å². The molecule has 0 amide bonds. The molecule has 0 atom stereocenters. The second-order valence-corrected chi connectivity index (χ2v) is 9.18. The lowest BCUT2D eigenvalue weighted by atomic mass is 9.95. The predicted molar refractivity (Wildman–Crippen MR) is 110 cm³/mol. The third-order valence-corrected chi connectivity index (χ3v) is 5.25. The van der Waals surface area contributed by atoms with Crippen molar-refractivity contribution >= 4 is 32.1 Å². The van der Waals surface area contributed by atoms with Crippen LogP contribution in [0.1, 0.15) is 19.5 Å². The van der Waals surface area contributed by atoms with Gasteiger partial charge in [-0.2, -0.15) is 0 Å². The molecule has 0 radical (unpaired) electrons. The van der Waals surface area contributed by atoms with Gasteiger partial charge in [0.2, 0.25) is 0 Å². The summed E-state index contributed by atoms with van der Waals surface area (Å²) in [5, 5.41) is 14.3. The Morgan fingerprint density at radius 3 is 2.50 bits per heavy atom. The molecule has 0 bridgehead atoms. The van der Waals surface area contributed by atoms with Gasteiger partial charge in [-0.25, -0.2) is 18.4 Å². The van der Waals surface area contributed by atoms with E-state index in [0.29, 0.717) is 11.5 Å². The molecule has 2 heterocycles. The Labute approximate surface area is 164 Å². The average Bonchev–Trinajstić information content (AvgIpc) is 2.66. The fraction of sp³-hybridized carbons (Fsp3) is 0.238. The van der Waals surface area contributed by atoms with Crippen molar-refractivity contribution < 1.29 is 13.5 Å². The van der Waals surface area contributed by atoms with E-state index in [1.165, 1.54) is 6.26 Å². The van der Waals surface area contributed by atoms with E-state index in [9.17, 15) is 13.5 Å². The molecule has 0 aliphatic heterocycles. The van der Waals surface area contributed by atoms with Crippen molar-refractivity contribution in [3.05, 3.63) is 54.5 Å². The molecule has 28 heavy (non-hydrogen) atoms. The minimum Gasteiger partial charge on any atom is -0.395 e. The van der Waals surface area contributed by atoms with Gasteiger partial charge in [0.15, 0.2) is 9.84 Å². The molecule has 2 aromatic heterocycles. The van der Waals surface area contributed by atoms with Crippen molar-refractivity contribution in [2.75, 3.05) is 18.2 Å². The first-order valence-corrected chi connectivity index (χ1v) is 10.5. The van der Waals surface area contributed by atoms with Crippen LogP contribution in [-0.2, 0) is 9.84 Å². The fourth-order valence-electron chi connectivity index (χ4n) is 2.43. The van der Waals surface area contributed by atoms with Crippen LogP contribution in [0.4, 0.5) is 11.5 Å². The number of aromatic nitrogens is 2. The van der Waals surface area contributed by atoms with Gasteiger partial charge in [-0.1, -0.05) is 5.92 Å². The summed E-state index contributed by atoms with van der Waals surface area (Å²) >= 11 is 0. The highest BCUT2D eigenvalue weighted by Gasteiger charge is 2.12. The quantitative estimate of drug-likeness (QED) is 0.660. The summed E-state index contributed by atoms with van der Waals surface area (Å²) in [5.74, 6) is 6.69. The second kappa shape index (κ2) is 7.58. The van der Waals surface area contributed by atoms with Gasteiger partial charge in [-0.05, 0) is 56.2 Å². The summed E-state index contributed by atoms with van der Waals surface area (Å²) in [5.41, 5.74) is 0.813. The number of aliphatic hydroxyl groups excluding tert-OH is 1. The molecule has 0 spiro atoms. The number of benzene rings is 1. The first-order valence-electron chi connectivity index (χ1n) is 8.64. The predicted octanol–water partition coefficient (Wildman–Crippen LogP) is 3.15. The maximum absolute atomic E-state index is 11.6. The van der Waals surface area contributed by atoms with Crippen molar-refractivity contribution in [2.24, 2.45) is 5.41 Å². The van der Waals surface area contributed by atoms with Gasteiger partial charge in [-0.15, -0.1) is 0 Å². The number of aliphatic hydroxyl groups is 1. The standard InChI is InChI=1S/C21H21N3O3S/c1-21(2,14-25)10-8-19-18-12-20(23-13-15(18)9-11-22-19)24-16-4-6-17(7-5-16)28(3,26)27/h4-7,9,11-13,25H,14H2,1-3H3,(H,23,24). The summed E-state index contributed by atoms with van der Waals surface area (Å²) in [6, 6.07) is 10.2. The third kappa shape index (κ3) is 4.66. The van der Waals surface area contributed by atoms with Crippen LogP contribution in [0.15, 0.2) is 53.7 Å². The molecular weight excluding hydrogens is 374 g/mol. The first kappa shape index (κ1) is 19.8. The highest BCUT2D eigenvalue weighted by Crippen LogP contribution is 2.23. The minimum atomic E-state index is -3.23. The molecule has 0 aliphatic rings. The number of fused-ring (bicyclic) bond motifs is 1. The number of hydrogen-bond acceptors (Lipinski definition) is 6. The molecule has 6 nitrogen and oxygen atoms in total. The van der Waals surface area contributed by atoms with E-state index < -0.39 is 15.3 Å². The van der Waals surface area contributed by atoms with Crippen LogP contribution in [0.25, 0.3) is 10.8 Å². The van der Waals surface area contributed by atoms with E-state index >= 15 is 0 Å². The van der Waals surface area contributed by atoms with Crippen LogP contribution in [0.3, 0.4) is 0 Å². The zero-order valence-electron chi connectivity index (χ0n) is 15.9. The Morgan fingerprint density at radius 1 is 1.14 bits per heavy atom.